The maximum Gasteiger partial charge on any atom is 0.357 e. The van der Waals surface area contributed by atoms with Crippen molar-refractivity contribution in [2.75, 3.05) is 37.7 Å². The van der Waals surface area contributed by atoms with E-state index < -0.39 is 11.6 Å². The van der Waals surface area contributed by atoms with Crippen LogP contribution in [0, 0.1) is 0 Å². The van der Waals surface area contributed by atoms with Gasteiger partial charge in [0.2, 0.25) is 0 Å². The predicted molar refractivity (Wildman–Crippen MR) is 116 cm³/mol. The van der Waals surface area contributed by atoms with Gasteiger partial charge in [0.25, 0.3) is 11.8 Å². The Balaban J connectivity index is 1.47. The van der Waals surface area contributed by atoms with E-state index in [1.165, 1.54) is 4.40 Å². The topological polar surface area (TPSA) is 128 Å². The third-order valence-corrected chi connectivity index (χ3v) is 5.78. The Morgan fingerprint density at radius 3 is 2.72 bits per heavy atom. The van der Waals surface area contributed by atoms with Crippen molar-refractivity contribution >= 4 is 29.0 Å². The van der Waals surface area contributed by atoms with Crippen molar-refractivity contribution in [3.05, 3.63) is 46.6 Å². The molecule has 0 aromatic carbocycles. The molecule has 2 N–H and O–H groups in total. The summed E-state index contributed by atoms with van der Waals surface area (Å²) < 4.78 is 7.85. The molecule has 32 heavy (non-hydrogen) atoms. The monoisotopic (exact) mass is 437 g/mol. The first kappa shape index (κ1) is 20.2. The molecule has 11 heteroatoms. The summed E-state index contributed by atoms with van der Waals surface area (Å²) >= 11 is 0. The summed E-state index contributed by atoms with van der Waals surface area (Å²) in [7, 11) is 0. The SMILES string of the molecule is NCC(=O)n1nc2cc(N3CCOc4cc(C(=O)N5CCCCC5)cnc43)ccn2c1=O. The molecule has 0 unspecified atom stereocenters. The van der Waals surface area contributed by atoms with Gasteiger partial charge < -0.3 is 20.3 Å². The highest BCUT2D eigenvalue weighted by atomic mass is 16.5. The fourth-order valence-electron chi connectivity index (χ4n) is 4.13. The Morgan fingerprint density at radius 1 is 1.12 bits per heavy atom. The zero-order valence-corrected chi connectivity index (χ0v) is 17.4. The van der Waals surface area contributed by atoms with E-state index in [0.29, 0.717) is 35.9 Å². The molecule has 2 aliphatic rings. The molecule has 3 aromatic heterocycles. The zero-order valence-electron chi connectivity index (χ0n) is 17.4. The van der Waals surface area contributed by atoms with Crippen molar-refractivity contribution in [1.82, 2.24) is 24.1 Å². The number of rotatable bonds is 3. The highest BCUT2D eigenvalue weighted by Gasteiger charge is 2.25. The fourth-order valence-corrected chi connectivity index (χ4v) is 4.13. The van der Waals surface area contributed by atoms with Crippen molar-refractivity contribution in [2.45, 2.75) is 19.3 Å². The second-order valence-electron chi connectivity index (χ2n) is 7.80. The zero-order chi connectivity index (χ0) is 22.2. The number of hydrogen-bond acceptors (Lipinski definition) is 8. The van der Waals surface area contributed by atoms with Crippen LogP contribution in [-0.4, -0.2) is 68.7 Å². The highest BCUT2D eigenvalue weighted by Crippen LogP contribution is 2.35. The van der Waals surface area contributed by atoms with Gasteiger partial charge in [-0.1, -0.05) is 0 Å². The predicted octanol–water partition coefficient (Wildman–Crippen LogP) is 0.646. The second-order valence-corrected chi connectivity index (χ2v) is 7.80. The average Bonchev–Trinajstić information content (AvgIpc) is 3.18. The van der Waals surface area contributed by atoms with Gasteiger partial charge in [-0.15, -0.1) is 9.78 Å². The minimum atomic E-state index is -0.579. The fraction of sp³-hybridized carbons (Fsp3) is 0.381. The molecule has 1 amide bonds. The summed E-state index contributed by atoms with van der Waals surface area (Å²) in [5.74, 6) is 0.497. The van der Waals surface area contributed by atoms with E-state index in [0.717, 1.165) is 42.7 Å². The molecular weight excluding hydrogens is 414 g/mol. The van der Waals surface area contributed by atoms with Crippen molar-refractivity contribution in [2.24, 2.45) is 5.73 Å². The smallest absolute Gasteiger partial charge is 0.357 e. The number of aromatic nitrogens is 4. The van der Waals surface area contributed by atoms with Gasteiger partial charge in [-0.05, 0) is 31.4 Å². The van der Waals surface area contributed by atoms with E-state index in [4.69, 9.17) is 10.5 Å². The number of nitrogens with two attached hydrogens (primary N) is 1. The number of pyridine rings is 2. The molecule has 3 aromatic rings. The summed E-state index contributed by atoms with van der Waals surface area (Å²) in [5.41, 5.74) is 6.36. The van der Waals surface area contributed by atoms with Crippen LogP contribution in [0.2, 0.25) is 0 Å². The number of carbonyl (C=O) groups is 2. The van der Waals surface area contributed by atoms with Crippen molar-refractivity contribution in [3.8, 4) is 5.75 Å². The number of amides is 1. The summed E-state index contributed by atoms with van der Waals surface area (Å²) in [5, 5.41) is 4.09. The van der Waals surface area contributed by atoms with E-state index in [9.17, 15) is 14.4 Å². The van der Waals surface area contributed by atoms with Crippen LogP contribution >= 0.6 is 0 Å². The molecule has 0 spiro atoms. The quantitative estimate of drug-likeness (QED) is 0.632. The van der Waals surface area contributed by atoms with Crippen LogP contribution in [0.25, 0.3) is 5.65 Å². The van der Waals surface area contributed by atoms with Gasteiger partial charge in [0.1, 0.15) is 6.61 Å². The average molecular weight is 437 g/mol. The largest absolute Gasteiger partial charge is 0.488 e. The Labute approximate surface area is 183 Å². The molecule has 1 saturated heterocycles. The standard InChI is InChI=1S/C21H23N7O4/c22-12-18(29)28-21(31)27-7-4-15(11-17(27)24-28)26-8-9-32-16-10-14(13-23-19(16)26)20(30)25-5-2-1-3-6-25/h4,7,10-11,13H,1-3,5-6,8-9,12,22H2. The van der Waals surface area contributed by atoms with Gasteiger partial charge in [-0.25, -0.2) is 14.2 Å². The van der Waals surface area contributed by atoms with Crippen molar-refractivity contribution in [1.29, 1.82) is 0 Å². The summed E-state index contributed by atoms with van der Waals surface area (Å²) in [6.45, 7) is 2.16. The van der Waals surface area contributed by atoms with Crippen LogP contribution < -0.4 is 21.1 Å². The molecule has 0 atom stereocenters. The molecule has 11 nitrogen and oxygen atoms in total. The molecule has 166 valence electrons. The number of likely N-dealkylation sites (tertiary alicyclic amines) is 1. The van der Waals surface area contributed by atoms with Crippen LogP contribution in [-0.2, 0) is 0 Å². The molecule has 1 fully saturated rings. The minimum absolute atomic E-state index is 0.0309. The lowest BCUT2D eigenvalue weighted by Gasteiger charge is -2.31. The Kier molecular flexibility index (Phi) is 5.10. The Morgan fingerprint density at radius 2 is 1.94 bits per heavy atom. The molecule has 5 rings (SSSR count). The number of hydrogen-bond donors (Lipinski definition) is 1. The summed E-state index contributed by atoms with van der Waals surface area (Å²) in [4.78, 5) is 45.4. The first-order chi connectivity index (χ1) is 15.6. The number of piperidine rings is 1. The molecule has 0 bridgehead atoms. The van der Waals surface area contributed by atoms with Gasteiger partial charge in [0, 0.05) is 37.2 Å². The molecule has 2 aliphatic heterocycles. The third-order valence-electron chi connectivity index (χ3n) is 5.78. The van der Waals surface area contributed by atoms with E-state index in [-0.39, 0.29) is 12.5 Å². The molecule has 0 radical (unpaired) electrons. The number of anilines is 2. The lowest BCUT2D eigenvalue weighted by molar-refractivity contribution is 0.0723. The number of fused-ring (bicyclic) bond motifs is 2. The van der Waals surface area contributed by atoms with E-state index in [1.807, 2.05) is 9.80 Å². The number of nitrogens with zero attached hydrogens (tertiary/aromatic N) is 6. The Bertz CT molecular complexity index is 1260. The maximum atomic E-state index is 12.8. The molecule has 0 saturated carbocycles. The minimum Gasteiger partial charge on any atom is -0.488 e. The van der Waals surface area contributed by atoms with Crippen molar-refractivity contribution in [3.63, 3.8) is 0 Å². The van der Waals surface area contributed by atoms with Crippen molar-refractivity contribution < 1.29 is 14.3 Å². The van der Waals surface area contributed by atoms with E-state index in [1.54, 1.807) is 30.6 Å². The van der Waals surface area contributed by atoms with E-state index >= 15 is 0 Å². The van der Waals surface area contributed by atoms with Gasteiger partial charge in [0.05, 0.1) is 18.7 Å². The maximum absolute atomic E-state index is 12.8. The second kappa shape index (κ2) is 8.08. The lowest BCUT2D eigenvalue weighted by Crippen LogP contribution is -2.36. The third kappa shape index (κ3) is 3.40. The molecule has 0 aliphatic carbocycles. The summed E-state index contributed by atoms with van der Waals surface area (Å²) in [6.07, 6.45) is 6.33. The highest BCUT2D eigenvalue weighted by molar-refractivity contribution is 5.95. The Hall–Kier alpha value is -3.73. The normalized spacial score (nSPS) is 16.0. The first-order valence-corrected chi connectivity index (χ1v) is 10.6. The van der Waals surface area contributed by atoms with Crippen LogP contribution in [0.3, 0.4) is 0 Å². The number of ether oxygens (including phenoxy) is 1. The molecular formula is C21H23N7O4. The van der Waals surface area contributed by atoms with Crippen LogP contribution in [0.15, 0.2) is 35.4 Å². The lowest BCUT2D eigenvalue weighted by atomic mass is 10.1. The first-order valence-electron chi connectivity index (χ1n) is 10.6. The van der Waals surface area contributed by atoms with Gasteiger partial charge >= 0.3 is 5.69 Å². The van der Waals surface area contributed by atoms with Crippen LogP contribution in [0.5, 0.6) is 5.75 Å². The van der Waals surface area contributed by atoms with Gasteiger partial charge in [0.15, 0.2) is 17.2 Å². The van der Waals surface area contributed by atoms with Crippen LogP contribution in [0.4, 0.5) is 11.5 Å². The van der Waals surface area contributed by atoms with Gasteiger partial charge in [-0.3, -0.25) is 9.59 Å². The summed E-state index contributed by atoms with van der Waals surface area (Å²) in [6, 6.07) is 5.19. The number of carbonyl (C=O) groups excluding carboxylic acids is 2. The van der Waals surface area contributed by atoms with Crippen LogP contribution in [0.1, 0.15) is 34.4 Å². The van der Waals surface area contributed by atoms with Gasteiger partial charge in [-0.2, -0.15) is 0 Å². The van der Waals surface area contributed by atoms with E-state index in [2.05, 4.69) is 10.1 Å². The molecule has 5 heterocycles.